The predicted octanol–water partition coefficient (Wildman–Crippen LogP) is 5.16. The van der Waals surface area contributed by atoms with Gasteiger partial charge < -0.3 is 9.52 Å². The van der Waals surface area contributed by atoms with Gasteiger partial charge in [-0.05, 0) is 48.5 Å². The lowest BCUT2D eigenvalue weighted by Gasteiger charge is -1.97. The van der Waals surface area contributed by atoms with Gasteiger partial charge in [0.15, 0.2) is 0 Å². The quantitative estimate of drug-likeness (QED) is 0.646. The van der Waals surface area contributed by atoms with Crippen LogP contribution in [0.4, 0.5) is 5.69 Å². The third-order valence-corrected chi connectivity index (χ3v) is 3.68. The van der Waals surface area contributed by atoms with Crippen LogP contribution in [0.25, 0.3) is 11.3 Å². The van der Waals surface area contributed by atoms with Crippen LogP contribution in [-0.2, 0) is 0 Å². The lowest BCUT2D eigenvalue weighted by Crippen LogP contribution is -1.94. The average Bonchev–Trinajstić information content (AvgIpc) is 3.02. The van der Waals surface area contributed by atoms with Gasteiger partial charge in [-0.15, -0.1) is 0 Å². The smallest absolute Gasteiger partial charge is 0.335 e. The second kappa shape index (κ2) is 6.62. The van der Waals surface area contributed by atoms with Crippen molar-refractivity contribution in [3.05, 3.63) is 76.5 Å². The minimum atomic E-state index is -0.953. The zero-order valence-electron chi connectivity index (χ0n) is 11.9. The molecule has 1 N–H and O–H groups in total. The highest BCUT2D eigenvalue weighted by atomic mass is 79.9. The number of aromatic carboxylic acids is 1. The maximum atomic E-state index is 10.8. The van der Waals surface area contributed by atoms with Crippen molar-refractivity contribution in [1.29, 1.82) is 0 Å². The summed E-state index contributed by atoms with van der Waals surface area (Å²) in [4.78, 5) is 15.1. The number of carbonyl (C=O) groups is 1. The van der Waals surface area contributed by atoms with E-state index in [-0.39, 0.29) is 5.56 Å². The van der Waals surface area contributed by atoms with Gasteiger partial charge in [-0.1, -0.05) is 28.1 Å². The van der Waals surface area contributed by atoms with Gasteiger partial charge in [0.05, 0.1) is 17.5 Å². The minimum Gasteiger partial charge on any atom is -0.478 e. The van der Waals surface area contributed by atoms with Crippen molar-refractivity contribution in [3.63, 3.8) is 0 Å². The summed E-state index contributed by atoms with van der Waals surface area (Å²) in [6.45, 7) is 0. The number of hydrogen-bond donors (Lipinski definition) is 1. The van der Waals surface area contributed by atoms with Gasteiger partial charge in [-0.2, -0.15) is 0 Å². The Hall–Kier alpha value is -2.66. The molecule has 0 aliphatic rings. The summed E-state index contributed by atoms with van der Waals surface area (Å²) in [5.74, 6) is 0.432. The number of hydrogen-bond acceptors (Lipinski definition) is 3. The first-order valence-electron chi connectivity index (χ1n) is 6.85. The Labute approximate surface area is 141 Å². The van der Waals surface area contributed by atoms with Crippen LogP contribution in [-0.4, -0.2) is 17.3 Å². The predicted molar refractivity (Wildman–Crippen MR) is 92.5 cm³/mol. The lowest BCUT2D eigenvalue weighted by atomic mass is 10.2. The van der Waals surface area contributed by atoms with Crippen molar-refractivity contribution in [2.75, 3.05) is 0 Å². The van der Waals surface area contributed by atoms with Crippen LogP contribution in [0.15, 0.2) is 74.5 Å². The molecule has 0 unspecified atom stereocenters. The third-order valence-electron chi connectivity index (χ3n) is 3.19. The maximum Gasteiger partial charge on any atom is 0.335 e. The Morgan fingerprint density at radius 3 is 2.57 bits per heavy atom. The van der Waals surface area contributed by atoms with E-state index in [9.17, 15) is 4.79 Å². The van der Waals surface area contributed by atoms with Gasteiger partial charge in [0.25, 0.3) is 0 Å². The largest absolute Gasteiger partial charge is 0.478 e. The summed E-state index contributed by atoms with van der Waals surface area (Å²) in [7, 11) is 0. The van der Waals surface area contributed by atoms with Crippen molar-refractivity contribution in [3.8, 4) is 11.3 Å². The number of benzene rings is 2. The van der Waals surface area contributed by atoms with Gasteiger partial charge in [0.1, 0.15) is 11.5 Å². The first kappa shape index (κ1) is 15.2. The van der Waals surface area contributed by atoms with Crippen LogP contribution in [0.1, 0.15) is 16.1 Å². The molecule has 0 saturated heterocycles. The Bertz CT molecular complexity index is 866. The van der Waals surface area contributed by atoms with E-state index in [2.05, 4.69) is 20.9 Å². The normalized spacial score (nSPS) is 11.0. The molecule has 3 rings (SSSR count). The molecule has 0 bridgehead atoms. The molecule has 0 aliphatic heterocycles. The Balaban J connectivity index is 1.77. The first-order chi connectivity index (χ1) is 11.1. The molecular formula is C18H12BrNO3. The molecule has 114 valence electrons. The Kier molecular flexibility index (Phi) is 4.39. The zero-order chi connectivity index (χ0) is 16.2. The molecule has 0 amide bonds. The van der Waals surface area contributed by atoms with Crippen LogP contribution >= 0.6 is 15.9 Å². The van der Waals surface area contributed by atoms with E-state index in [4.69, 9.17) is 9.52 Å². The summed E-state index contributed by atoms with van der Waals surface area (Å²) >= 11 is 3.43. The van der Waals surface area contributed by atoms with E-state index in [1.54, 1.807) is 18.3 Å². The van der Waals surface area contributed by atoms with Gasteiger partial charge in [-0.25, -0.2) is 4.79 Å². The number of aliphatic imine (C=N–C) groups is 1. The summed E-state index contributed by atoms with van der Waals surface area (Å²) in [5.41, 5.74) is 1.87. The second-order valence-corrected chi connectivity index (χ2v) is 5.74. The van der Waals surface area contributed by atoms with E-state index in [1.165, 1.54) is 12.1 Å². The van der Waals surface area contributed by atoms with E-state index in [0.717, 1.165) is 15.8 Å². The topological polar surface area (TPSA) is 62.8 Å². The number of halogens is 1. The third kappa shape index (κ3) is 3.76. The molecule has 3 aromatic rings. The van der Waals surface area contributed by atoms with Crippen molar-refractivity contribution in [1.82, 2.24) is 0 Å². The number of furan rings is 1. The van der Waals surface area contributed by atoms with Crippen LogP contribution in [0.2, 0.25) is 0 Å². The summed E-state index contributed by atoms with van der Waals surface area (Å²) < 4.78 is 6.73. The molecule has 4 nitrogen and oxygen atoms in total. The van der Waals surface area contributed by atoms with Crippen LogP contribution in [0.3, 0.4) is 0 Å². The molecule has 1 aromatic heterocycles. The van der Waals surface area contributed by atoms with E-state index < -0.39 is 5.97 Å². The molecule has 0 radical (unpaired) electrons. The molecule has 5 heteroatoms. The fourth-order valence-electron chi connectivity index (χ4n) is 2.05. The monoisotopic (exact) mass is 369 g/mol. The number of nitrogens with zero attached hydrogens (tertiary/aromatic N) is 1. The number of rotatable bonds is 4. The summed E-state index contributed by atoms with van der Waals surface area (Å²) in [5, 5.41) is 8.86. The van der Waals surface area contributed by atoms with E-state index in [0.29, 0.717) is 11.4 Å². The molecule has 0 spiro atoms. The van der Waals surface area contributed by atoms with Crippen LogP contribution < -0.4 is 0 Å². The van der Waals surface area contributed by atoms with Crippen molar-refractivity contribution in [2.45, 2.75) is 0 Å². The number of carboxylic acid groups (broad SMARTS) is 1. The summed E-state index contributed by atoms with van der Waals surface area (Å²) in [6.07, 6.45) is 1.61. The molecule has 1 heterocycles. The van der Waals surface area contributed by atoms with Crippen molar-refractivity contribution >= 4 is 33.8 Å². The fraction of sp³-hybridized carbons (Fsp3) is 0. The lowest BCUT2D eigenvalue weighted by molar-refractivity contribution is 0.0697. The number of carboxylic acids is 1. The highest BCUT2D eigenvalue weighted by Gasteiger charge is 2.04. The standard InChI is InChI=1S/C18H12BrNO3/c19-14-3-1-2-13(10-14)17-9-8-16(23-17)11-20-15-6-4-12(5-7-15)18(21)22/h1-11H,(H,21,22). The van der Waals surface area contributed by atoms with Gasteiger partial charge in [0.2, 0.25) is 0 Å². The average molecular weight is 370 g/mol. The van der Waals surface area contributed by atoms with Crippen LogP contribution in [0, 0.1) is 0 Å². The molecule has 0 atom stereocenters. The summed E-state index contributed by atoms with van der Waals surface area (Å²) in [6, 6.07) is 17.9. The van der Waals surface area contributed by atoms with Gasteiger partial charge >= 0.3 is 5.97 Å². The Morgan fingerprint density at radius 2 is 1.87 bits per heavy atom. The van der Waals surface area contributed by atoms with E-state index in [1.807, 2.05) is 36.4 Å². The van der Waals surface area contributed by atoms with Gasteiger partial charge in [-0.3, -0.25) is 4.99 Å². The minimum absolute atomic E-state index is 0.235. The van der Waals surface area contributed by atoms with E-state index >= 15 is 0 Å². The fourth-order valence-corrected chi connectivity index (χ4v) is 2.45. The molecule has 0 fully saturated rings. The molecule has 0 aliphatic carbocycles. The highest BCUT2D eigenvalue weighted by Crippen LogP contribution is 2.24. The molecule has 0 saturated carbocycles. The molecule has 2 aromatic carbocycles. The van der Waals surface area contributed by atoms with Crippen LogP contribution in [0.5, 0.6) is 0 Å². The first-order valence-corrected chi connectivity index (χ1v) is 7.64. The van der Waals surface area contributed by atoms with Gasteiger partial charge in [0, 0.05) is 10.0 Å². The SMILES string of the molecule is O=C(O)c1ccc(N=Cc2ccc(-c3cccc(Br)c3)o2)cc1. The second-order valence-electron chi connectivity index (χ2n) is 4.82. The molecule has 23 heavy (non-hydrogen) atoms. The van der Waals surface area contributed by atoms with Crippen molar-refractivity contribution in [2.24, 2.45) is 4.99 Å². The molecular weight excluding hydrogens is 358 g/mol. The van der Waals surface area contributed by atoms with Crippen molar-refractivity contribution < 1.29 is 14.3 Å². The maximum absolute atomic E-state index is 10.8. The Morgan fingerprint density at radius 1 is 1.09 bits per heavy atom. The highest BCUT2D eigenvalue weighted by molar-refractivity contribution is 9.10. The zero-order valence-corrected chi connectivity index (χ0v) is 13.5.